The van der Waals surface area contributed by atoms with Crippen molar-refractivity contribution < 1.29 is 32.2 Å². The van der Waals surface area contributed by atoms with Gasteiger partial charge in [0.1, 0.15) is 19.3 Å². The highest BCUT2D eigenvalue weighted by atomic mass is 35.5. The topological polar surface area (TPSA) is 120 Å². The first kappa shape index (κ1) is 25.1. The van der Waals surface area contributed by atoms with Crippen LogP contribution in [0.3, 0.4) is 0 Å². The zero-order valence-corrected chi connectivity index (χ0v) is 20.1. The van der Waals surface area contributed by atoms with E-state index in [1.54, 1.807) is 19.9 Å². The molecule has 0 saturated heterocycles. The minimum atomic E-state index is -4.10. The molecule has 0 bridgehead atoms. The Morgan fingerprint density at radius 1 is 1.06 bits per heavy atom. The molecule has 12 heteroatoms. The molecule has 0 aromatic heterocycles. The Morgan fingerprint density at radius 3 is 2.45 bits per heavy atom. The van der Waals surface area contributed by atoms with Gasteiger partial charge >= 0.3 is 5.97 Å². The first-order valence-corrected chi connectivity index (χ1v) is 12.1. The average Bonchev–Trinajstić information content (AvgIpc) is 2.77. The predicted molar refractivity (Wildman–Crippen MR) is 122 cm³/mol. The van der Waals surface area contributed by atoms with Crippen LogP contribution in [0.25, 0.3) is 0 Å². The summed E-state index contributed by atoms with van der Waals surface area (Å²) in [4.78, 5) is 24.6. The largest absolute Gasteiger partial charge is 0.486 e. The van der Waals surface area contributed by atoms with Crippen molar-refractivity contribution in [2.75, 3.05) is 25.1 Å². The number of carbonyl (C=O) groups is 2. The lowest BCUT2D eigenvalue weighted by Crippen LogP contribution is -2.45. The van der Waals surface area contributed by atoms with Crippen LogP contribution < -0.4 is 19.5 Å². The van der Waals surface area contributed by atoms with Gasteiger partial charge in [0.2, 0.25) is 10.0 Å². The van der Waals surface area contributed by atoms with Crippen molar-refractivity contribution in [3.05, 3.63) is 46.4 Å². The molecule has 0 radical (unpaired) electrons. The lowest BCUT2D eigenvalue weighted by atomic mass is 10.1. The summed E-state index contributed by atoms with van der Waals surface area (Å²) >= 11 is 11.9. The standard InChI is InChI=1S/C21H22Cl2N2O7S/c1-12(2)20(21(27)32-11-19(26)24-16-9-13(22)3-5-15(16)23)25-33(28,29)14-4-6-17-18(10-14)31-8-7-30-17/h3-6,9-10,12,20,25H,7-8,11H2,1-2H3,(H,24,26)/t20-/m0/s1. The smallest absolute Gasteiger partial charge is 0.324 e. The summed E-state index contributed by atoms with van der Waals surface area (Å²) in [6.07, 6.45) is 0. The summed E-state index contributed by atoms with van der Waals surface area (Å²) in [5, 5.41) is 3.10. The number of rotatable bonds is 8. The molecule has 0 saturated carbocycles. The SMILES string of the molecule is CC(C)[C@H](NS(=O)(=O)c1ccc2c(c1)OCCO2)C(=O)OCC(=O)Nc1cc(Cl)ccc1Cl. The first-order valence-electron chi connectivity index (χ1n) is 9.90. The molecule has 178 valence electrons. The average molecular weight is 517 g/mol. The van der Waals surface area contributed by atoms with Gasteiger partial charge in [0.15, 0.2) is 18.1 Å². The first-order chi connectivity index (χ1) is 15.6. The molecule has 1 aliphatic rings. The van der Waals surface area contributed by atoms with Gasteiger partial charge in [-0.25, -0.2) is 8.42 Å². The Bertz CT molecular complexity index is 1160. The van der Waals surface area contributed by atoms with E-state index in [2.05, 4.69) is 10.0 Å². The van der Waals surface area contributed by atoms with Crippen molar-refractivity contribution >= 4 is 50.8 Å². The molecule has 1 aliphatic heterocycles. The number of ether oxygens (including phenoxy) is 3. The molecule has 2 aromatic carbocycles. The minimum Gasteiger partial charge on any atom is -0.486 e. The van der Waals surface area contributed by atoms with Gasteiger partial charge in [-0.15, -0.1) is 0 Å². The Balaban J connectivity index is 1.65. The van der Waals surface area contributed by atoms with E-state index in [0.29, 0.717) is 29.7 Å². The van der Waals surface area contributed by atoms with Gasteiger partial charge in [-0.1, -0.05) is 37.0 Å². The third-order valence-corrected chi connectivity index (χ3v) is 6.58. The molecule has 1 atom stereocenters. The second-order valence-electron chi connectivity index (χ2n) is 7.43. The van der Waals surface area contributed by atoms with E-state index in [-0.39, 0.29) is 15.6 Å². The van der Waals surface area contributed by atoms with Crippen molar-refractivity contribution in [2.24, 2.45) is 5.92 Å². The van der Waals surface area contributed by atoms with E-state index in [1.165, 1.54) is 30.3 Å². The summed E-state index contributed by atoms with van der Waals surface area (Å²) in [6.45, 7) is 3.31. The van der Waals surface area contributed by atoms with Crippen molar-refractivity contribution in [3.63, 3.8) is 0 Å². The maximum absolute atomic E-state index is 12.9. The third-order valence-electron chi connectivity index (χ3n) is 4.57. The van der Waals surface area contributed by atoms with Gasteiger partial charge in [0.05, 0.1) is 15.6 Å². The molecule has 0 aliphatic carbocycles. The second kappa shape index (κ2) is 10.6. The summed E-state index contributed by atoms with van der Waals surface area (Å²) in [5.74, 6) is -1.30. The summed E-state index contributed by atoms with van der Waals surface area (Å²) in [5.41, 5.74) is 0.255. The molecule has 2 N–H and O–H groups in total. The van der Waals surface area contributed by atoms with Gasteiger partial charge in [-0.3, -0.25) is 9.59 Å². The number of hydrogen-bond donors (Lipinski definition) is 2. The van der Waals surface area contributed by atoms with E-state index in [0.717, 1.165) is 0 Å². The van der Waals surface area contributed by atoms with Crippen LogP contribution in [0, 0.1) is 5.92 Å². The number of esters is 1. The summed E-state index contributed by atoms with van der Waals surface area (Å²) in [7, 11) is -4.10. The Morgan fingerprint density at radius 2 is 1.76 bits per heavy atom. The Hall–Kier alpha value is -2.53. The highest BCUT2D eigenvalue weighted by Crippen LogP contribution is 2.32. The zero-order valence-electron chi connectivity index (χ0n) is 17.8. The molecule has 9 nitrogen and oxygen atoms in total. The molecule has 0 fully saturated rings. The second-order valence-corrected chi connectivity index (χ2v) is 9.99. The predicted octanol–water partition coefficient (Wildman–Crippen LogP) is 3.25. The quantitative estimate of drug-likeness (QED) is 0.516. The van der Waals surface area contributed by atoms with Crippen LogP contribution in [0.15, 0.2) is 41.3 Å². The van der Waals surface area contributed by atoms with Crippen LogP contribution in [0.1, 0.15) is 13.8 Å². The van der Waals surface area contributed by atoms with E-state index in [9.17, 15) is 18.0 Å². The highest BCUT2D eigenvalue weighted by Gasteiger charge is 2.31. The molecule has 0 spiro atoms. The third kappa shape index (κ3) is 6.50. The fraction of sp³-hybridized carbons (Fsp3) is 0.333. The normalized spacial score (nSPS) is 14.0. The van der Waals surface area contributed by atoms with Crippen molar-refractivity contribution in [3.8, 4) is 11.5 Å². The fourth-order valence-electron chi connectivity index (χ4n) is 2.89. The van der Waals surface area contributed by atoms with Gasteiger partial charge < -0.3 is 19.5 Å². The van der Waals surface area contributed by atoms with E-state index >= 15 is 0 Å². The molecular weight excluding hydrogens is 495 g/mol. The van der Waals surface area contributed by atoms with Gasteiger partial charge in [-0.2, -0.15) is 4.72 Å². The number of anilines is 1. The molecule has 33 heavy (non-hydrogen) atoms. The zero-order chi connectivity index (χ0) is 24.2. The number of halogens is 2. The van der Waals surface area contributed by atoms with Crippen molar-refractivity contribution in [2.45, 2.75) is 24.8 Å². The van der Waals surface area contributed by atoms with Crippen LogP contribution in [0.5, 0.6) is 11.5 Å². The molecule has 1 amide bonds. The Labute approximate surface area is 201 Å². The maximum Gasteiger partial charge on any atom is 0.324 e. The van der Waals surface area contributed by atoms with E-state index < -0.39 is 40.5 Å². The number of amides is 1. The van der Waals surface area contributed by atoms with Gasteiger partial charge in [-0.05, 0) is 36.2 Å². The van der Waals surface area contributed by atoms with Gasteiger partial charge in [0.25, 0.3) is 5.91 Å². The lowest BCUT2D eigenvalue weighted by Gasteiger charge is -2.22. The number of hydrogen-bond acceptors (Lipinski definition) is 7. The van der Waals surface area contributed by atoms with Crippen LogP contribution in [0.4, 0.5) is 5.69 Å². The van der Waals surface area contributed by atoms with Crippen LogP contribution >= 0.6 is 23.2 Å². The summed E-state index contributed by atoms with van der Waals surface area (Å²) in [6, 6.07) is 7.43. The van der Waals surface area contributed by atoms with Crippen LogP contribution in [0.2, 0.25) is 10.0 Å². The molecule has 0 unspecified atom stereocenters. The fourth-order valence-corrected chi connectivity index (χ4v) is 4.57. The van der Waals surface area contributed by atoms with E-state index in [1.807, 2.05) is 0 Å². The highest BCUT2D eigenvalue weighted by molar-refractivity contribution is 7.89. The number of carbonyl (C=O) groups excluding carboxylic acids is 2. The number of benzene rings is 2. The molecule has 3 rings (SSSR count). The summed E-state index contributed by atoms with van der Waals surface area (Å²) < 4.78 is 43.9. The molecule has 2 aromatic rings. The van der Waals surface area contributed by atoms with Crippen molar-refractivity contribution in [1.82, 2.24) is 4.72 Å². The monoisotopic (exact) mass is 516 g/mol. The molecular formula is C21H22Cl2N2O7S. The number of sulfonamides is 1. The van der Waals surface area contributed by atoms with Crippen molar-refractivity contribution in [1.29, 1.82) is 0 Å². The minimum absolute atomic E-state index is 0.0986. The Kier molecular flexibility index (Phi) is 8.06. The number of nitrogens with one attached hydrogen (secondary N) is 2. The van der Waals surface area contributed by atoms with Gasteiger partial charge in [0, 0.05) is 11.1 Å². The van der Waals surface area contributed by atoms with E-state index in [4.69, 9.17) is 37.4 Å². The lowest BCUT2D eigenvalue weighted by molar-refractivity contribution is -0.150. The van der Waals surface area contributed by atoms with Crippen LogP contribution in [-0.2, 0) is 24.3 Å². The van der Waals surface area contributed by atoms with Crippen LogP contribution in [-0.4, -0.2) is 46.2 Å². The number of fused-ring (bicyclic) bond motifs is 1. The maximum atomic E-state index is 12.9. The molecule has 1 heterocycles.